The number of halogens is 1. The molecule has 1 saturated heterocycles. The van der Waals surface area contributed by atoms with E-state index in [-0.39, 0.29) is 11.6 Å². The standard InChI is InChI=1S/C29H27FN4O3/c1-18(19-7-8-31-27(30)15-19)32-22-5-6-26-21(14-22)13-20-3-2-4-24(29(20)37-26)25-16-23(17-28(35)33-25)34-9-11-36-12-10-34/h2-8,14-18,32H,9-13H2,1H3,(H,33,35). The number of anilines is 2. The molecule has 0 saturated carbocycles. The van der Waals surface area contributed by atoms with Crippen molar-refractivity contribution in [3.05, 3.63) is 99.9 Å². The largest absolute Gasteiger partial charge is 0.456 e. The lowest BCUT2D eigenvalue weighted by molar-refractivity contribution is 0.122. The van der Waals surface area contributed by atoms with Gasteiger partial charge in [0.05, 0.1) is 18.9 Å². The molecule has 4 heterocycles. The van der Waals surface area contributed by atoms with Crippen LogP contribution in [0.3, 0.4) is 0 Å². The Balaban J connectivity index is 1.27. The molecule has 8 heteroatoms. The van der Waals surface area contributed by atoms with E-state index in [9.17, 15) is 9.18 Å². The number of rotatable bonds is 5. The molecule has 0 radical (unpaired) electrons. The lowest BCUT2D eigenvalue weighted by Crippen LogP contribution is -2.36. The Hall–Kier alpha value is -4.17. The fourth-order valence-electron chi connectivity index (χ4n) is 4.98. The van der Waals surface area contributed by atoms with Crippen molar-refractivity contribution in [2.24, 2.45) is 0 Å². The van der Waals surface area contributed by atoms with Crippen LogP contribution in [0.4, 0.5) is 15.8 Å². The molecular formula is C29H27FN4O3. The molecule has 0 spiro atoms. The van der Waals surface area contributed by atoms with Crippen LogP contribution >= 0.6 is 0 Å². The zero-order valence-electron chi connectivity index (χ0n) is 20.5. The second-order valence-electron chi connectivity index (χ2n) is 9.39. The van der Waals surface area contributed by atoms with Gasteiger partial charge in [-0.2, -0.15) is 4.39 Å². The molecule has 6 rings (SSSR count). The van der Waals surface area contributed by atoms with Crippen molar-refractivity contribution in [3.63, 3.8) is 0 Å². The molecule has 0 bridgehead atoms. The number of pyridine rings is 2. The number of morpholine rings is 1. The number of para-hydroxylation sites is 1. The quantitative estimate of drug-likeness (QED) is 0.321. The summed E-state index contributed by atoms with van der Waals surface area (Å²) in [7, 11) is 0. The maximum atomic E-state index is 13.5. The number of nitrogens with zero attached hydrogens (tertiary/aromatic N) is 2. The normalized spacial score (nSPS) is 15.4. The molecule has 2 aromatic heterocycles. The van der Waals surface area contributed by atoms with Crippen LogP contribution in [0.5, 0.6) is 11.5 Å². The van der Waals surface area contributed by atoms with Gasteiger partial charge in [-0.15, -0.1) is 0 Å². The van der Waals surface area contributed by atoms with Crippen molar-refractivity contribution >= 4 is 11.4 Å². The highest BCUT2D eigenvalue weighted by Gasteiger charge is 2.22. The highest BCUT2D eigenvalue weighted by atomic mass is 19.1. The topological polar surface area (TPSA) is 79.5 Å². The smallest absolute Gasteiger partial charge is 0.250 e. The van der Waals surface area contributed by atoms with E-state index >= 15 is 0 Å². The Morgan fingerprint density at radius 1 is 1.05 bits per heavy atom. The van der Waals surface area contributed by atoms with E-state index in [1.165, 1.54) is 12.3 Å². The zero-order valence-corrected chi connectivity index (χ0v) is 20.5. The molecule has 2 aliphatic heterocycles. The Bertz CT molecular complexity index is 1510. The van der Waals surface area contributed by atoms with Crippen LogP contribution in [0.15, 0.2) is 71.7 Å². The zero-order chi connectivity index (χ0) is 25.4. The predicted molar refractivity (Wildman–Crippen MR) is 141 cm³/mol. The monoisotopic (exact) mass is 498 g/mol. The summed E-state index contributed by atoms with van der Waals surface area (Å²) in [6.07, 6.45) is 2.17. The van der Waals surface area contributed by atoms with Crippen LogP contribution < -0.4 is 20.5 Å². The van der Waals surface area contributed by atoms with E-state index in [2.05, 4.69) is 26.3 Å². The number of aromatic nitrogens is 2. The summed E-state index contributed by atoms with van der Waals surface area (Å²) >= 11 is 0. The molecule has 37 heavy (non-hydrogen) atoms. The third-order valence-corrected chi connectivity index (χ3v) is 6.88. The van der Waals surface area contributed by atoms with Crippen molar-refractivity contribution < 1.29 is 13.9 Å². The first-order valence-corrected chi connectivity index (χ1v) is 12.4. The minimum atomic E-state index is -0.491. The molecule has 2 N–H and O–H groups in total. The molecule has 188 valence electrons. The van der Waals surface area contributed by atoms with Gasteiger partial charge in [0.1, 0.15) is 11.5 Å². The van der Waals surface area contributed by atoms with Gasteiger partial charge in [-0.1, -0.05) is 12.1 Å². The van der Waals surface area contributed by atoms with Crippen LogP contribution in [0.25, 0.3) is 11.3 Å². The van der Waals surface area contributed by atoms with Crippen LogP contribution in [-0.4, -0.2) is 36.3 Å². The average molecular weight is 499 g/mol. The Labute approximate surface area is 213 Å². The van der Waals surface area contributed by atoms with Gasteiger partial charge in [0.15, 0.2) is 0 Å². The van der Waals surface area contributed by atoms with Gasteiger partial charge in [-0.05, 0) is 60.5 Å². The molecule has 0 amide bonds. The van der Waals surface area contributed by atoms with Crippen molar-refractivity contribution in [2.75, 3.05) is 36.5 Å². The van der Waals surface area contributed by atoms with Crippen LogP contribution in [0.1, 0.15) is 29.7 Å². The first-order chi connectivity index (χ1) is 18.0. The number of H-pyrrole nitrogens is 1. The summed E-state index contributed by atoms with van der Waals surface area (Å²) in [6.45, 7) is 4.79. The highest BCUT2D eigenvalue weighted by Crippen LogP contribution is 2.43. The van der Waals surface area contributed by atoms with Gasteiger partial charge in [-0.25, -0.2) is 4.98 Å². The fraction of sp³-hybridized carbons (Fsp3) is 0.241. The van der Waals surface area contributed by atoms with Crippen molar-refractivity contribution in [1.29, 1.82) is 0 Å². The average Bonchev–Trinajstić information content (AvgIpc) is 2.91. The first-order valence-electron chi connectivity index (χ1n) is 12.4. The summed E-state index contributed by atoms with van der Waals surface area (Å²) in [5, 5.41) is 3.44. The summed E-state index contributed by atoms with van der Waals surface area (Å²) in [5.41, 5.74) is 6.17. The number of hydrogen-bond acceptors (Lipinski definition) is 6. The maximum Gasteiger partial charge on any atom is 0.250 e. The summed E-state index contributed by atoms with van der Waals surface area (Å²) in [6, 6.07) is 18.8. The van der Waals surface area contributed by atoms with E-state index in [0.29, 0.717) is 19.6 Å². The number of ether oxygens (including phenoxy) is 2. The number of nitrogens with one attached hydrogen (secondary N) is 2. The number of hydrogen-bond donors (Lipinski definition) is 2. The molecule has 1 fully saturated rings. The SMILES string of the molecule is CC(Nc1ccc2c(c1)Cc1cccc(-c3cc(N4CCOCC4)cc(=O)[nH]3)c1O2)c1ccnc(F)c1. The summed E-state index contributed by atoms with van der Waals surface area (Å²) < 4.78 is 25.4. The van der Waals surface area contributed by atoms with Gasteiger partial charge >= 0.3 is 0 Å². The Morgan fingerprint density at radius 2 is 1.92 bits per heavy atom. The fourth-order valence-corrected chi connectivity index (χ4v) is 4.98. The number of benzene rings is 2. The van der Waals surface area contributed by atoms with E-state index in [1.807, 2.05) is 43.3 Å². The van der Waals surface area contributed by atoms with Crippen LogP contribution in [-0.2, 0) is 11.2 Å². The second kappa shape index (κ2) is 9.71. The van der Waals surface area contributed by atoms with E-state index in [4.69, 9.17) is 9.47 Å². The molecule has 2 aromatic carbocycles. The van der Waals surface area contributed by atoms with Gasteiger partial charge in [0, 0.05) is 60.3 Å². The Kier molecular flexibility index (Phi) is 6.10. The molecule has 7 nitrogen and oxygen atoms in total. The molecule has 1 unspecified atom stereocenters. The van der Waals surface area contributed by atoms with Crippen molar-refractivity contribution in [2.45, 2.75) is 19.4 Å². The number of fused-ring (bicyclic) bond motifs is 2. The molecule has 4 aromatic rings. The van der Waals surface area contributed by atoms with Crippen molar-refractivity contribution in [1.82, 2.24) is 9.97 Å². The summed E-state index contributed by atoms with van der Waals surface area (Å²) in [5.74, 6) is 1.04. The lowest BCUT2D eigenvalue weighted by atomic mass is 9.96. The van der Waals surface area contributed by atoms with Crippen molar-refractivity contribution in [3.8, 4) is 22.8 Å². The second-order valence-corrected chi connectivity index (χ2v) is 9.39. The third-order valence-electron chi connectivity index (χ3n) is 6.88. The van der Waals surface area contributed by atoms with Gasteiger partial charge in [0.25, 0.3) is 0 Å². The van der Waals surface area contributed by atoms with E-state index < -0.39 is 5.95 Å². The van der Waals surface area contributed by atoms with Crippen LogP contribution in [0.2, 0.25) is 0 Å². The molecule has 2 aliphatic rings. The van der Waals surface area contributed by atoms with Gasteiger partial charge in [-0.3, -0.25) is 4.79 Å². The highest BCUT2D eigenvalue weighted by molar-refractivity contribution is 5.74. The molecule has 0 aliphatic carbocycles. The molecule has 1 atom stereocenters. The summed E-state index contributed by atoms with van der Waals surface area (Å²) in [4.78, 5) is 21.4. The van der Waals surface area contributed by atoms with Gasteiger partial charge < -0.3 is 24.7 Å². The van der Waals surface area contributed by atoms with E-state index in [0.717, 1.165) is 63.9 Å². The molecular weight excluding hydrogens is 471 g/mol. The first kappa shape index (κ1) is 23.2. The Morgan fingerprint density at radius 3 is 2.76 bits per heavy atom. The number of aromatic amines is 1. The lowest BCUT2D eigenvalue weighted by Gasteiger charge is -2.29. The van der Waals surface area contributed by atoms with E-state index in [1.54, 1.807) is 12.1 Å². The minimum absolute atomic E-state index is 0.0884. The predicted octanol–water partition coefficient (Wildman–Crippen LogP) is 5.28. The third kappa shape index (κ3) is 4.80. The minimum Gasteiger partial charge on any atom is -0.456 e. The van der Waals surface area contributed by atoms with Crippen LogP contribution in [0, 0.1) is 5.95 Å². The van der Waals surface area contributed by atoms with Gasteiger partial charge in [0.2, 0.25) is 11.5 Å². The maximum absolute atomic E-state index is 13.5.